The predicted molar refractivity (Wildman–Crippen MR) is 62.7 cm³/mol. The number of carbonyl (C=O) groups is 1. The van der Waals surface area contributed by atoms with Crippen molar-refractivity contribution in [1.82, 2.24) is 0 Å². The number of Topliss-reactive ketones (excluding diaryl/α,β-unsaturated/α-hetero) is 1. The summed E-state index contributed by atoms with van der Waals surface area (Å²) in [5.41, 5.74) is 7.35. The van der Waals surface area contributed by atoms with Crippen molar-refractivity contribution in [1.29, 1.82) is 0 Å². The number of hydrogen-bond acceptors (Lipinski definition) is 2. The first-order valence-electron chi connectivity index (χ1n) is 5.45. The molecule has 0 bridgehead atoms. The second-order valence-electron chi connectivity index (χ2n) is 4.26. The molecule has 1 aromatic carbocycles. The third-order valence-electron chi connectivity index (χ3n) is 2.46. The molecule has 0 heterocycles. The molecule has 2 heteroatoms. The summed E-state index contributed by atoms with van der Waals surface area (Å²) in [6, 6.07) is 7.57. The van der Waals surface area contributed by atoms with E-state index >= 15 is 0 Å². The van der Waals surface area contributed by atoms with Crippen molar-refractivity contribution in [2.75, 3.05) is 0 Å². The summed E-state index contributed by atoms with van der Waals surface area (Å²) in [6.45, 7) is 4.79. The van der Waals surface area contributed by atoms with E-state index in [1.54, 1.807) is 0 Å². The lowest BCUT2D eigenvalue weighted by molar-refractivity contribution is 0.0975. The van der Waals surface area contributed by atoms with Crippen LogP contribution in [0.5, 0.6) is 0 Å². The van der Waals surface area contributed by atoms with Crippen LogP contribution in [0.15, 0.2) is 24.3 Å². The Kier molecular flexibility index (Phi) is 4.50. The van der Waals surface area contributed by atoms with E-state index in [4.69, 9.17) is 5.73 Å². The fourth-order valence-electron chi connectivity index (χ4n) is 1.39. The molecule has 0 fully saturated rings. The Morgan fingerprint density at radius 2 is 1.87 bits per heavy atom. The minimum atomic E-state index is 0.229. The molecule has 2 N–H and O–H groups in total. The van der Waals surface area contributed by atoms with Crippen molar-refractivity contribution >= 4 is 5.78 Å². The van der Waals surface area contributed by atoms with E-state index in [1.165, 1.54) is 0 Å². The Hall–Kier alpha value is -1.15. The minimum absolute atomic E-state index is 0.229. The van der Waals surface area contributed by atoms with E-state index in [9.17, 15) is 4.79 Å². The maximum Gasteiger partial charge on any atom is 0.162 e. The van der Waals surface area contributed by atoms with Gasteiger partial charge in [-0.25, -0.2) is 0 Å². The lowest BCUT2D eigenvalue weighted by atomic mass is 10.0. The zero-order chi connectivity index (χ0) is 11.3. The van der Waals surface area contributed by atoms with E-state index in [-0.39, 0.29) is 5.78 Å². The van der Waals surface area contributed by atoms with Gasteiger partial charge in [0.2, 0.25) is 0 Å². The maximum atomic E-state index is 11.7. The lowest BCUT2D eigenvalue weighted by Crippen LogP contribution is -2.02. The van der Waals surface area contributed by atoms with E-state index < -0.39 is 0 Å². The Bertz CT molecular complexity index is 314. The van der Waals surface area contributed by atoms with Gasteiger partial charge in [0.15, 0.2) is 5.78 Å². The molecule has 0 atom stereocenters. The third-order valence-corrected chi connectivity index (χ3v) is 2.46. The molecule has 0 radical (unpaired) electrons. The van der Waals surface area contributed by atoms with Gasteiger partial charge in [0.05, 0.1) is 0 Å². The first kappa shape index (κ1) is 11.9. The first-order chi connectivity index (χ1) is 7.13. The molecular weight excluding hydrogens is 186 g/mol. The molecule has 2 nitrogen and oxygen atoms in total. The van der Waals surface area contributed by atoms with Gasteiger partial charge in [0.25, 0.3) is 0 Å². The van der Waals surface area contributed by atoms with Crippen LogP contribution >= 0.6 is 0 Å². The number of benzene rings is 1. The van der Waals surface area contributed by atoms with Crippen molar-refractivity contribution in [2.45, 2.75) is 33.2 Å². The average Bonchev–Trinajstić information content (AvgIpc) is 2.26. The standard InChI is InChI=1S/C13H19NO/c1-10(2)3-8-13(15)12-6-4-11(9-14)5-7-12/h4-7,10H,3,8-9,14H2,1-2H3. The van der Waals surface area contributed by atoms with Crippen LogP contribution in [0.1, 0.15) is 42.6 Å². The summed E-state index contributed by atoms with van der Waals surface area (Å²) in [7, 11) is 0. The molecule has 15 heavy (non-hydrogen) atoms. The highest BCUT2D eigenvalue weighted by Crippen LogP contribution is 2.11. The van der Waals surface area contributed by atoms with Crippen LogP contribution in [0.2, 0.25) is 0 Å². The molecule has 0 aliphatic carbocycles. The Morgan fingerprint density at radius 1 is 1.27 bits per heavy atom. The van der Waals surface area contributed by atoms with Crippen LogP contribution in [0, 0.1) is 5.92 Å². The molecule has 1 rings (SSSR count). The van der Waals surface area contributed by atoms with Gasteiger partial charge in [-0.1, -0.05) is 38.1 Å². The van der Waals surface area contributed by atoms with E-state index in [0.717, 1.165) is 17.5 Å². The van der Waals surface area contributed by atoms with Crippen molar-refractivity contribution in [3.63, 3.8) is 0 Å². The Labute approximate surface area is 91.5 Å². The molecule has 0 aliphatic heterocycles. The van der Waals surface area contributed by atoms with E-state index in [0.29, 0.717) is 18.9 Å². The normalized spacial score (nSPS) is 10.7. The molecule has 0 saturated carbocycles. The summed E-state index contributed by atoms with van der Waals surface area (Å²) < 4.78 is 0. The quantitative estimate of drug-likeness (QED) is 0.751. The highest BCUT2D eigenvalue weighted by atomic mass is 16.1. The smallest absolute Gasteiger partial charge is 0.162 e. The van der Waals surface area contributed by atoms with Crippen LogP contribution in [0.4, 0.5) is 0 Å². The largest absolute Gasteiger partial charge is 0.326 e. The molecule has 82 valence electrons. The molecular formula is C13H19NO. The molecule has 0 aliphatic rings. The van der Waals surface area contributed by atoms with Crippen LogP contribution in [0.25, 0.3) is 0 Å². The number of hydrogen-bond donors (Lipinski definition) is 1. The summed E-state index contributed by atoms with van der Waals surface area (Å²) >= 11 is 0. The first-order valence-corrected chi connectivity index (χ1v) is 5.45. The number of rotatable bonds is 5. The average molecular weight is 205 g/mol. The van der Waals surface area contributed by atoms with Gasteiger partial charge in [0.1, 0.15) is 0 Å². The number of nitrogens with two attached hydrogens (primary N) is 1. The van der Waals surface area contributed by atoms with Crippen LogP contribution < -0.4 is 5.73 Å². The van der Waals surface area contributed by atoms with Crippen LogP contribution in [0.3, 0.4) is 0 Å². The molecule has 0 saturated heterocycles. The molecule has 1 aromatic rings. The zero-order valence-corrected chi connectivity index (χ0v) is 9.49. The van der Waals surface area contributed by atoms with Crippen LogP contribution in [-0.4, -0.2) is 5.78 Å². The lowest BCUT2D eigenvalue weighted by Gasteiger charge is -2.04. The summed E-state index contributed by atoms with van der Waals surface area (Å²) in [4.78, 5) is 11.7. The molecule has 0 spiro atoms. The molecule has 0 amide bonds. The van der Waals surface area contributed by atoms with E-state index in [2.05, 4.69) is 13.8 Å². The second-order valence-corrected chi connectivity index (χ2v) is 4.26. The minimum Gasteiger partial charge on any atom is -0.326 e. The Balaban J connectivity index is 2.58. The molecule has 0 aromatic heterocycles. The van der Waals surface area contributed by atoms with Crippen molar-refractivity contribution < 1.29 is 4.79 Å². The van der Waals surface area contributed by atoms with Gasteiger partial charge in [0, 0.05) is 18.5 Å². The van der Waals surface area contributed by atoms with Gasteiger partial charge in [-0.3, -0.25) is 4.79 Å². The van der Waals surface area contributed by atoms with Gasteiger partial charge in [-0.15, -0.1) is 0 Å². The predicted octanol–water partition coefficient (Wildman–Crippen LogP) is 2.76. The van der Waals surface area contributed by atoms with E-state index in [1.807, 2.05) is 24.3 Å². The zero-order valence-electron chi connectivity index (χ0n) is 9.49. The van der Waals surface area contributed by atoms with Crippen molar-refractivity contribution in [2.24, 2.45) is 11.7 Å². The fourth-order valence-corrected chi connectivity index (χ4v) is 1.39. The van der Waals surface area contributed by atoms with Gasteiger partial charge < -0.3 is 5.73 Å². The summed E-state index contributed by atoms with van der Waals surface area (Å²) in [6.07, 6.45) is 1.59. The number of carbonyl (C=O) groups excluding carboxylic acids is 1. The molecule has 0 unspecified atom stereocenters. The maximum absolute atomic E-state index is 11.7. The summed E-state index contributed by atoms with van der Waals surface area (Å²) in [5.74, 6) is 0.810. The SMILES string of the molecule is CC(C)CCC(=O)c1ccc(CN)cc1. The fraction of sp³-hybridized carbons (Fsp3) is 0.462. The van der Waals surface area contributed by atoms with Gasteiger partial charge >= 0.3 is 0 Å². The van der Waals surface area contributed by atoms with Gasteiger partial charge in [-0.2, -0.15) is 0 Å². The van der Waals surface area contributed by atoms with Crippen molar-refractivity contribution in [3.8, 4) is 0 Å². The van der Waals surface area contributed by atoms with Crippen LogP contribution in [-0.2, 0) is 6.54 Å². The second kappa shape index (κ2) is 5.66. The summed E-state index contributed by atoms with van der Waals surface area (Å²) in [5, 5.41) is 0. The monoisotopic (exact) mass is 205 g/mol. The van der Waals surface area contributed by atoms with Crippen molar-refractivity contribution in [3.05, 3.63) is 35.4 Å². The highest BCUT2D eigenvalue weighted by molar-refractivity contribution is 5.96. The number of ketones is 1. The van der Waals surface area contributed by atoms with Gasteiger partial charge in [-0.05, 0) is 17.9 Å². The Morgan fingerprint density at radius 3 is 2.33 bits per heavy atom. The highest BCUT2D eigenvalue weighted by Gasteiger charge is 2.06. The topological polar surface area (TPSA) is 43.1 Å². The third kappa shape index (κ3) is 3.84.